The first-order valence-electron chi connectivity index (χ1n) is 19.8. The van der Waals surface area contributed by atoms with Crippen LogP contribution in [0, 0.1) is 11.8 Å². The fourth-order valence-electron chi connectivity index (χ4n) is 8.28. The molecule has 55 heavy (non-hydrogen) atoms. The Labute approximate surface area is 323 Å². The highest BCUT2D eigenvalue weighted by Crippen LogP contribution is 2.39. The molecule has 7 rings (SSSR count). The number of hydrogen-bond acceptors (Lipinski definition) is 8. The number of hydrogen-bond donors (Lipinski definition) is 5. The molecule has 1 saturated heterocycles. The van der Waals surface area contributed by atoms with Crippen molar-refractivity contribution in [2.45, 2.75) is 108 Å². The molecule has 2 fully saturated rings. The lowest BCUT2D eigenvalue weighted by Gasteiger charge is -2.47. The number of likely N-dealkylation sites (tertiary alicyclic amines) is 1. The summed E-state index contributed by atoms with van der Waals surface area (Å²) in [6.07, 6.45) is 5.27. The second-order valence-corrected chi connectivity index (χ2v) is 16.6. The number of nitrogens with one attached hydrogen (secondary N) is 3. The van der Waals surface area contributed by atoms with Gasteiger partial charge in [0, 0.05) is 18.6 Å². The van der Waals surface area contributed by atoms with Gasteiger partial charge in [0.2, 0.25) is 17.7 Å². The van der Waals surface area contributed by atoms with Crippen LogP contribution in [0.25, 0.3) is 10.8 Å². The number of piperidine rings is 1. The maximum atomic E-state index is 14.2. The van der Waals surface area contributed by atoms with Crippen LogP contribution in [0.4, 0.5) is 0 Å². The van der Waals surface area contributed by atoms with Crippen molar-refractivity contribution in [1.82, 2.24) is 20.9 Å². The SMILES string of the molecule is CC(C)(C)NC(=O)[C@@H]1C[C@@H]2CCCC[C@@H]2CN1C[C@@H](O)[C@@H]1Cc2ccc(cc2)OCCCCOc2cc3ccccc3cc2C(=O)N[C@@H](CC(N)=O)C(=O)N1. The molecule has 1 aliphatic carbocycles. The van der Waals surface area contributed by atoms with Gasteiger partial charge < -0.3 is 36.3 Å². The summed E-state index contributed by atoms with van der Waals surface area (Å²) >= 11 is 0. The van der Waals surface area contributed by atoms with Crippen molar-refractivity contribution in [3.05, 3.63) is 71.8 Å². The van der Waals surface area contributed by atoms with Crippen molar-refractivity contribution in [3.8, 4) is 11.5 Å². The molecule has 4 amide bonds. The number of carbonyl (C=O) groups is 4. The van der Waals surface area contributed by atoms with E-state index < -0.39 is 53.9 Å². The van der Waals surface area contributed by atoms with Crippen LogP contribution in [-0.2, 0) is 20.8 Å². The van der Waals surface area contributed by atoms with Gasteiger partial charge in [0.25, 0.3) is 5.91 Å². The average molecular weight is 756 g/mol. The Kier molecular flexibility index (Phi) is 13.0. The minimum atomic E-state index is -1.33. The van der Waals surface area contributed by atoms with Crippen LogP contribution in [0.3, 0.4) is 0 Å². The highest BCUT2D eigenvalue weighted by Gasteiger charge is 2.42. The van der Waals surface area contributed by atoms with Crippen LogP contribution in [0.15, 0.2) is 60.7 Å². The molecule has 4 aliphatic rings. The molecule has 6 N–H and O–H groups in total. The van der Waals surface area contributed by atoms with E-state index in [0.29, 0.717) is 55.9 Å². The minimum absolute atomic E-state index is 0.0647. The molecule has 296 valence electrons. The first-order valence-corrected chi connectivity index (χ1v) is 19.8. The molecule has 0 radical (unpaired) electrons. The van der Waals surface area contributed by atoms with Gasteiger partial charge in [-0.25, -0.2) is 0 Å². The largest absolute Gasteiger partial charge is 0.494 e. The standard InChI is InChI=1S/C43H57N5O7/c1-43(2,3)47-42(53)36-22-29-11-6-7-13-31(29)25-48(36)26-37(49)34-20-27-14-16-32(17-15-27)54-18-8-9-19-55-38-23-30-12-5-4-10-28(30)21-33(38)40(51)46-35(24-39(44)50)41(52)45-34/h4-5,10,12,14-17,21,23,29,31,34-37,49H,6-9,11,13,18-20,22,24-26H2,1-3H3,(H2,44,50)(H,45,52)(H,46,51)(H,47,53)/t29-,31+,34-,35-,36-,37+/m0/s1. The van der Waals surface area contributed by atoms with Gasteiger partial charge in [0.15, 0.2) is 0 Å². The van der Waals surface area contributed by atoms with E-state index in [1.165, 1.54) is 0 Å². The van der Waals surface area contributed by atoms with Gasteiger partial charge in [0.05, 0.1) is 43.4 Å². The molecule has 12 nitrogen and oxygen atoms in total. The number of rotatable bonds is 6. The summed E-state index contributed by atoms with van der Waals surface area (Å²) in [5, 5.41) is 22.6. The zero-order chi connectivity index (χ0) is 39.1. The smallest absolute Gasteiger partial charge is 0.255 e. The van der Waals surface area contributed by atoms with Crippen LogP contribution in [0.5, 0.6) is 11.5 Å². The third kappa shape index (κ3) is 10.8. The number of nitrogens with zero attached hydrogens (tertiary/aromatic N) is 1. The average Bonchev–Trinajstić information content (AvgIpc) is 3.14. The summed E-state index contributed by atoms with van der Waals surface area (Å²) in [5.41, 5.74) is 6.26. The molecule has 3 aromatic rings. The fraction of sp³-hybridized carbons (Fsp3) is 0.535. The van der Waals surface area contributed by atoms with Gasteiger partial charge in [0.1, 0.15) is 17.5 Å². The monoisotopic (exact) mass is 755 g/mol. The Hall–Kier alpha value is -4.68. The van der Waals surface area contributed by atoms with Gasteiger partial charge in [-0.05, 0) is 105 Å². The number of aliphatic hydroxyl groups is 1. The van der Waals surface area contributed by atoms with Crippen LogP contribution < -0.4 is 31.2 Å². The number of primary amides is 1. The minimum Gasteiger partial charge on any atom is -0.494 e. The number of carbonyl (C=O) groups excluding carboxylic acids is 4. The molecular formula is C43H57N5O7. The Bertz CT molecular complexity index is 1830. The van der Waals surface area contributed by atoms with Crippen molar-refractivity contribution < 1.29 is 33.8 Å². The van der Waals surface area contributed by atoms with Gasteiger partial charge in [-0.1, -0.05) is 55.7 Å². The first-order chi connectivity index (χ1) is 26.3. The zero-order valence-electron chi connectivity index (χ0n) is 32.4. The number of fused-ring (bicyclic) bond motifs is 15. The zero-order valence-corrected chi connectivity index (χ0v) is 32.4. The number of nitrogens with two attached hydrogens (primary N) is 1. The Morgan fingerprint density at radius 1 is 0.927 bits per heavy atom. The predicted octanol–water partition coefficient (Wildman–Crippen LogP) is 4.25. The van der Waals surface area contributed by atoms with E-state index in [-0.39, 0.29) is 24.4 Å². The van der Waals surface area contributed by atoms with Crippen LogP contribution in [-0.4, -0.2) is 89.7 Å². The van der Waals surface area contributed by atoms with Gasteiger partial charge >= 0.3 is 0 Å². The summed E-state index contributed by atoms with van der Waals surface area (Å²) in [6.45, 7) is 7.50. The van der Waals surface area contributed by atoms with E-state index in [2.05, 4.69) is 20.9 Å². The Morgan fingerprint density at radius 3 is 2.29 bits per heavy atom. The number of β-amino-alcohol motifs (C(OH)–C–C–N with tert-alkyl or cyclic N) is 1. The maximum Gasteiger partial charge on any atom is 0.255 e. The van der Waals surface area contributed by atoms with Crippen LogP contribution in [0.1, 0.15) is 88.1 Å². The third-order valence-corrected chi connectivity index (χ3v) is 11.1. The summed E-state index contributed by atoms with van der Waals surface area (Å²) < 4.78 is 12.1. The Morgan fingerprint density at radius 2 is 1.60 bits per heavy atom. The lowest BCUT2D eigenvalue weighted by molar-refractivity contribution is -0.133. The molecule has 3 aromatic carbocycles. The number of amides is 4. The molecule has 6 atom stereocenters. The maximum absolute atomic E-state index is 14.2. The molecule has 3 aliphatic heterocycles. The van der Waals surface area contributed by atoms with Crippen molar-refractivity contribution in [2.75, 3.05) is 26.3 Å². The van der Waals surface area contributed by atoms with E-state index >= 15 is 0 Å². The lowest BCUT2D eigenvalue weighted by atomic mass is 9.72. The molecule has 0 spiro atoms. The van der Waals surface area contributed by atoms with Crippen molar-refractivity contribution in [2.24, 2.45) is 17.6 Å². The summed E-state index contributed by atoms with van der Waals surface area (Å²) in [7, 11) is 0. The summed E-state index contributed by atoms with van der Waals surface area (Å²) in [6, 6.07) is 16.0. The molecular weight excluding hydrogens is 699 g/mol. The predicted molar refractivity (Wildman–Crippen MR) is 211 cm³/mol. The number of aliphatic hydroxyl groups excluding tert-OH is 1. The van der Waals surface area contributed by atoms with E-state index in [9.17, 15) is 24.3 Å². The topological polar surface area (TPSA) is 172 Å². The molecule has 2 bridgehead atoms. The van der Waals surface area contributed by atoms with E-state index in [4.69, 9.17) is 15.2 Å². The van der Waals surface area contributed by atoms with Crippen molar-refractivity contribution >= 4 is 34.4 Å². The van der Waals surface area contributed by atoms with E-state index in [0.717, 1.165) is 48.4 Å². The van der Waals surface area contributed by atoms with Crippen molar-refractivity contribution in [3.63, 3.8) is 0 Å². The normalized spacial score (nSPS) is 25.0. The van der Waals surface area contributed by atoms with Gasteiger partial charge in [-0.3, -0.25) is 24.1 Å². The molecule has 3 heterocycles. The van der Waals surface area contributed by atoms with E-state index in [1.807, 2.05) is 69.3 Å². The number of ether oxygens (including phenoxy) is 2. The highest BCUT2D eigenvalue weighted by molar-refractivity contribution is 6.04. The second kappa shape index (κ2) is 17.8. The number of benzene rings is 3. The van der Waals surface area contributed by atoms with Gasteiger partial charge in [-0.15, -0.1) is 0 Å². The third-order valence-electron chi connectivity index (χ3n) is 11.1. The summed E-state index contributed by atoms with van der Waals surface area (Å²) in [4.78, 5) is 56.3. The molecule has 1 saturated carbocycles. The van der Waals surface area contributed by atoms with Crippen LogP contribution >= 0.6 is 0 Å². The Balaban J connectivity index is 1.30. The second-order valence-electron chi connectivity index (χ2n) is 16.6. The first kappa shape index (κ1) is 40.0. The van der Waals surface area contributed by atoms with E-state index in [1.54, 1.807) is 12.1 Å². The molecule has 0 unspecified atom stereocenters. The highest BCUT2D eigenvalue weighted by atomic mass is 16.5. The lowest BCUT2D eigenvalue weighted by Crippen LogP contribution is -2.61. The van der Waals surface area contributed by atoms with Gasteiger partial charge in [-0.2, -0.15) is 0 Å². The van der Waals surface area contributed by atoms with Crippen LogP contribution in [0.2, 0.25) is 0 Å². The summed E-state index contributed by atoms with van der Waals surface area (Å²) in [5.74, 6) is -0.178. The fourth-order valence-corrected chi connectivity index (χ4v) is 8.28. The molecule has 0 aromatic heterocycles. The quantitative estimate of drug-likeness (QED) is 0.249. The molecule has 12 heteroatoms. The van der Waals surface area contributed by atoms with Crippen molar-refractivity contribution in [1.29, 1.82) is 0 Å².